The van der Waals surface area contributed by atoms with Crippen LogP contribution in [0.3, 0.4) is 0 Å². The number of nitrogens with zero attached hydrogens (tertiary/aromatic N) is 5. The van der Waals surface area contributed by atoms with E-state index in [0.717, 1.165) is 46.8 Å². The minimum atomic E-state index is 0.0777. The summed E-state index contributed by atoms with van der Waals surface area (Å²) in [5, 5.41) is 4.94. The molecule has 0 saturated carbocycles. The van der Waals surface area contributed by atoms with E-state index in [0.29, 0.717) is 30.5 Å². The van der Waals surface area contributed by atoms with Gasteiger partial charge >= 0.3 is 0 Å². The third-order valence-electron chi connectivity index (χ3n) is 7.32. The van der Waals surface area contributed by atoms with Crippen LogP contribution in [0.1, 0.15) is 35.4 Å². The summed E-state index contributed by atoms with van der Waals surface area (Å²) in [6, 6.07) is 11.3. The predicted molar refractivity (Wildman–Crippen MR) is 159 cm³/mol. The van der Waals surface area contributed by atoms with Gasteiger partial charge in [0, 0.05) is 29.9 Å². The minimum Gasteiger partial charge on any atom is -0.486 e. The van der Waals surface area contributed by atoms with Crippen molar-refractivity contribution in [1.82, 2.24) is 24.8 Å². The van der Waals surface area contributed by atoms with Gasteiger partial charge in [0.05, 0.1) is 22.6 Å². The largest absolute Gasteiger partial charge is 0.486 e. The monoisotopic (exact) mass is 574 g/mol. The van der Waals surface area contributed by atoms with E-state index in [9.17, 15) is 4.79 Å². The lowest BCUT2D eigenvalue weighted by Gasteiger charge is -2.26. The Bertz CT molecular complexity index is 1520. The van der Waals surface area contributed by atoms with Crippen LogP contribution in [-0.4, -0.2) is 56.8 Å². The molecular formula is C30H31ClN6O2S. The highest BCUT2D eigenvalue weighted by molar-refractivity contribution is 7.19. The molecule has 0 bridgehead atoms. The zero-order valence-electron chi connectivity index (χ0n) is 22.2. The fourth-order valence-electron chi connectivity index (χ4n) is 5.23. The van der Waals surface area contributed by atoms with Crippen molar-refractivity contribution in [2.75, 3.05) is 31.5 Å². The van der Waals surface area contributed by atoms with E-state index < -0.39 is 0 Å². The lowest BCUT2D eigenvalue weighted by atomic mass is 10.0. The Morgan fingerprint density at radius 2 is 2.02 bits per heavy atom. The smallest absolute Gasteiger partial charge is 0.246 e. The number of hydrogen-bond donors (Lipinski definition) is 1. The standard InChI is InChI=1S/C30H31ClN6O2S/c31-24-17-21(9-10-25(24)39-19-22-7-1-3-12-32-22)35-29-28-23-11-16-37(18-26(23)40-30(28)34-20-33-29)27(38)8-2-4-13-36-14-5-6-15-36/h1-3,7-10,12,17,20H,4-6,11,13-16,18-19H2,(H,33,34,35). The number of benzene rings is 1. The number of thiophene rings is 1. The molecule has 3 aromatic heterocycles. The molecule has 2 aliphatic heterocycles. The maximum Gasteiger partial charge on any atom is 0.246 e. The topological polar surface area (TPSA) is 83.5 Å². The lowest BCUT2D eigenvalue weighted by Crippen LogP contribution is -2.34. The van der Waals surface area contributed by atoms with E-state index in [2.05, 4.69) is 25.2 Å². The zero-order chi connectivity index (χ0) is 27.3. The molecule has 10 heteroatoms. The van der Waals surface area contributed by atoms with Gasteiger partial charge in [0.25, 0.3) is 0 Å². The number of carbonyl (C=O) groups is 1. The quantitative estimate of drug-likeness (QED) is 0.246. The van der Waals surface area contributed by atoms with Crippen molar-refractivity contribution in [3.8, 4) is 5.75 Å². The van der Waals surface area contributed by atoms with Gasteiger partial charge in [0.2, 0.25) is 5.91 Å². The highest BCUT2D eigenvalue weighted by Gasteiger charge is 2.25. The third kappa shape index (κ3) is 6.11. The highest BCUT2D eigenvalue weighted by Crippen LogP contribution is 2.39. The Morgan fingerprint density at radius 3 is 2.85 bits per heavy atom. The number of pyridine rings is 1. The highest BCUT2D eigenvalue weighted by atomic mass is 35.5. The number of anilines is 2. The van der Waals surface area contributed by atoms with Crippen molar-refractivity contribution in [3.05, 3.63) is 82.2 Å². The fraction of sp³-hybridized carbons (Fsp3) is 0.333. The molecule has 4 aromatic rings. The first-order valence-electron chi connectivity index (χ1n) is 13.7. The molecule has 0 atom stereocenters. The third-order valence-corrected chi connectivity index (χ3v) is 8.74. The van der Waals surface area contributed by atoms with Crippen LogP contribution >= 0.6 is 22.9 Å². The minimum absolute atomic E-state index is 0.0777. The second kappa shape index (κ2) is 12.3. The number of amides is 1. The van der Waals surface area contributed by atoms with Gasteiger partial charge < -0.3 is 19.9 Å². The maximum atomic E-state index is 12.9. The van der Waals surface area contributed by atoms with Crippen LogP contribution in [0.4, 0.5) is 11.5 Å². The maximum absolute atomic E-state index is 12.9. The van der Waals surface area contributed by atoms with E-state index in [1.807, 2.05) is 47.4 Å². The second-order valence-electron chi connectivity index (χ2n) is 10.0. The van der Waals surface area contributed by atoms with E-state index in [1.54, 1.807) is 29.9 Å². The molecule has 2 aliphatic rings. The molecule has 0 unspecified atom stereocenters. The summed E-state index contributed by atoms with van der Waals surface area (Å²) in [7, 11) is 0. The molecule has 8 nitrogen and oxygen atoms in total. The van der Waals surface area contributed by atoms with Crippen LogP contribution in [0.2, 0.25) is 5.02 Å². The first kappa shape index (κ1) is 26.7. The first-order chi connectivity index (χ1) is 19.6. The van der Waals surface area contributed by atoms with Gasteiger partial charge in [-0.2, -0.15) is 0 Å². The molecule has 5 heterocycles. The Hall–Kier alpha value is -3.53. The molecule has 6 rings (SSSR count). The average Bonchev–Trinajstić information content (AvgIpc) is 3.63. The Labute approximate surface area is 242 Å². The number of aromatic nitrogens is 3. The second-order valence-corrected chi connectivity index (χ2v) is 11.5. The number of carbonyl (C=O) groups excluding carboxylic acids is 1. The predicted octanol–water partition coefficient (Wildman–Crippen LogP) is 5.99. The molecule has 1 amide bonds. The molecule has 206 valence electrons. The van der Waals surface area contributed by atoms with Crippen LogP contribution in [0.25, 0.3) is 10.2 Å². The molecule has 1 aromatic carbocycles. The van der Waals surface area contributed by atoms with Gasteiger partial charge in [-0.1, -0.05) is 23.7 Å². The van der Waals surface area contributed by atoms with Crippen LogP contribution in [0.15, 0.2) is 61.1 Å². The number of fused-ring (bicyclic) bond motifs is 3. The Kier molecular flexibility index (Phi) is 8.22. The van der Waals surface area contributed by atoms with Crippen molar-refractivity contribution < 1.29 is 9.53 Å². The molecule has 0 spiro atoms. The van der Waals surface area contributed by atoms with Gasteiger partial charge in [-0.15, -0.1) is 11.3 Å². The number of hydrogen-bond acceptors (Lipinski definition) is 8. The van der Waals surface area contributed by atoms with Crippen LogP contribution < -0.4 is 10.1 Å². The molecule has 1 saturated heterocycles. The number of likely N-dealkylation sites (tertiary alicyclic amines) is 1. The number of ether oxygens (including phenoxy) is 1. The summed E-state index contributed by atoms with van der Waals surface area (Å²) in [4.78, 5) is 32.7. The summed E-state index contributed by atoms with van der Waals surface area (Å²) in [6.45, 7) is 5.01. The van der Waals surface area contributed by atoms with Crippen LogP contribution in [-0.2, 0) is 24.4 Å². The fourth-order valence-corrected chi connectivity index (χ4v) is 6.67. The van der Waals surface area contributed by atoms with Gasteiger partial charge in [-0.25, -0.2) is 9.97 Å². The van der Waals surface area contributed by atoms with E-state index in [1.165, 1.54) is 36.4 Å². The summed E-state index contributed by atoms with van der Waals surface area (Å²) in [5.74, 6) is 1.41. The summed E-state index contributed by atoms with van der Waals surface area (Å²) in [5.41, 5.74) is 2.86. The van der Waals surface area contributed by atoms with Crippen LogP contribution in [0.5, 0.6) is 5.75 Å². The molecule has 40 heavy (non-hydrogen) atoms. The number of rotatable bonds is 9. The molecule has 1 fully saturated rings. The summed E-state index contributed by atoms with van der Waals surface area (Å²) >= 11 is 8.17. The SMILES string of the molecule is O=C(C=CCCN1CCCC1)N1CCc2c(sc3ncnc(Nc4ccc(OCc5ccccn5)c(Cl)c4)c23)C1. The van der Waals surface area contributed by atoms with E-state index >= 15 is 0 Å². The van der Waals surface area contributed by atoms with Crippen molar-refractivity contribution in [2.45, 2.75) is 38.8 Å². The first-order valence-corrected chi connectivity index (χ1v) is 14.9. The summed E-state index contributed by atoms with van der Waals surface area (Å²) in [6.07, 6.45) is 11.3. The van der Waals surface area contributed by atoms with Gasteiger partial charge in [0.1, 0.15) is 29.3 Å². The molecular weight excluding hydrogens is 544 g/mol. The summed E-state index contributed by atoms with van der Waals surface area (Å²) < 4.78 is 5.86. The zero-order valence-corrected chi connectivity index (χ0v) is 23.8. The molecule has 1 N–H and O–H groups in total. The van der Waals surface area contributed by atoms with Crippen molar-refractivity contribution in [2.24, 2.45) is 0 Å². The van der Waals surface area contributed by atoms with Crippen molar-refractivity contribution in [3.63, 3.8) is 0 Å². The van der Waals surface area contributed by atoms with Gasteiger partial charge in [-0.05, 0) is 80.7 Å². The molecule has 0 radical (unpaired) electrons. The Balaban J connectivity index is 1.12. The van der Waals surface area contributed by atoms with E-state index in [-0.39, 0.29) is 5.91 Å². The normalized spacial score (nSPS) is 15.6. The van der Waals surface area contributed by atoms with E-state index in [4.69, 9.17) is 16.3 Å². The number of halogens is 1. The number of nitrogens with one attached hydrogen (secondary N) is 1. The van der Waals surface area contributed by atoms with Crippen LogP contribution in [0, 0.1) is 0 Å². The average molecular weight is 575 g/mol. The Morgan fingerprint density at radius 1 is 1.12 bits per heavy atom. The lowest BCUT2D eigenvalue weighted by molar-refractivity contribution is -0.126. The van der Waals surface area contributed by atoms with Crippen molar-refractivity contribution >= 4 is 50.6 Å². The van der Waals surface area contributed by atoms with Gasteiger partial charge in [0.15, 0.2) is 0 Å². The molecule has 0 aliphatic carbocycles. The van der Waals surface area contributed by atoms with Gasteiger partial charge in [-0.3, -0.25) is 9.78 Å². The van der Waals surface area contributed by atoms with Crippen molar-refractivity contribution in [1.29, 1.82) is 0 Å².